The summed E-state index contributed by atoms with van der Waals surface area (Å²) >= 11 is 0. The van der Waals surface area contributed by atoms with Crippen molar-refractivity contribution in [3.05, 3.63) is 35.6 Å². The molecule has 3 nitrogen and oxygen atoms in total. The summed E-state index contributed by atoms with van der Waals surface area (Å²) in [5, 5.41) is 0. The molecule has 0 aliphatic rings. The Kier molecular flexibility index (Phi) is 3.40. The Labute approximate surface area is 75.7 Å². The van der Waals surface area contributed by atoms with Gasteiger partial charge in [-0.1, -0.05) is 12.1 Å². The average molecular weight is 182 g/mol. The van der Waals surface area contributed by atoms with Gasteiger partial charge < -0.3 is 0 Å². The van der Waals surface area contributed by atoms with Crippen molar-refractivity contribution in [2.45, 2.75) is 12.8 Å². The van der Waals surface area contributed by atoms with Gasteiger partial charge in [-0.2, -0.15) is 0 Å². The molecule has 1 amide bonds. The van der Waals surface area contributed by atoms with Gasteiger partial charge >= 0.3 is 0 Å². The summed E-state index contributed by atoms with van der Waals surface area (Å²) in [6.07, 6.45) is 0.894. The summed E-state index contributed by atoms with van der Waals surface area (Å²) in [5.74, 6) is 4.41. The van der Waals surface area contributed by atoms with Gasteiger partial charge in [0.1, 0.15) is 5.82 Å². The molecule has 0 fully saturated rings. The summed E-state index contributed by atoms with van der Waals surface area (Å²) in [7, 11) is 0. The fraction of sp³-hybridized carbons (Fsp3) is 0.222. The Hall–Kier alpha value is -1.42. The Balaban J connectivity index is 2.46. The van der Waals surface area contributed by atoms with Crippen LogP contribution in [0.2, 0.25) is 0 Å². The van der Waals surface area contributed by atoms with Crippen molar-refractivity contribution in [2.24, 2.45) is 5.84 Å². The molecular formula is C9H11FN2O. The molecule has 0 aliphatic heterocycles. The third-order valence-corrected chi connectivity index (χ3v) is 1.71. The lowest BCUT2D eigenvalue weighted by molar-refractivity contribution is -0.121. The maximum Gasteiger partial charge on any atom is 0.234 e. The van der Waals surface area contributed by atoms with Gasteiger partial charge in [0.05, 0.1) is 0 Å². The quantitative estimate of drug-likeness (QED) is 0.411. The summed E-state index contributed by atoms with van der Waals surface area (Å²) in [6, 6.07) is 6.05. The molecule has 1 aromatic carbocycles. The summed E-state index contributed by atoms with van der Waals surface area (Å²) in [4.78, 5) is 10.7. The standard InChI is InChI=1S/C9H11FN2O/c10-8-4-1-7(2-5-8)3-6-9(13)12-11/h1-2,4-5H,3,6,11H2,(H,12,13). The number of nitrogens with two attached hydrogens (primary N) is 1. The molecule has 0 heterocycles. The van der Waals surface area contributed by atoms with E-state index in [1.165, 1.54) is 12.1 Å². The van der Waals surface area contributed by atoms with Crippen LogP contribution in [-0.4, -0.2) is 5.91 Å². The molecule has 4 heteroatoms. The van der Waals surface area contributed by atoms with E-state index in [-0.39, 0.29) is 11.7 Å². The first-order valence-electron chi connectivity index (χ1n) is 3.96. The van der Waals surface area contributed by atoms with E-state index in [1.54, 1.807) is 12.1 Å². The van der Waals surface area contributed by atoms with E-state index in [0.717, 1.165) is 5.56 Å². The number of carbonyl (C=O) groups excluding carboxylic acids is 1. The van der Waals surface area contributed by atoms with Crippen molar-refractivity contribution >= 4 is 5.91 Å². The van der Waals surface area contributed by atoms with Crippen LogP contribution in [0.1, 0.15) is 12.0 Å². The van der Waals surface area contributed by atoms with Gasteiger partial charge in [-0.25, -0.2) is 10.2 Å². The maximum absolute atomic E-state index is 12.5. The van der Waals surface area contributed by atoms with Crippen LogP contribution in [0.3, 0.4) is 0 Å². The molecule has 1 aromatic rings. The zero-order valence-corrected chi connectivity index (χ0v) is 7.09. The third-order valence-electron chi connectivity index (χ3n) is 1.71. The molecular weight excluding hydrogens is 171 g/mol. The Bertz CT molecular complexity index is 284. The van der Waals surface area contributed by atoms with Crippen LogP contribution in [0, 0.1) is 5.82 Å². The first-order chi connectivity index (χ1) is 6.22. The van der Waals surface area contributed by atoms with E-state index in [2.05, 4.69) is 0 Å². The number of halogens is 1. The van der Waals surface area contributed by atoms with Gasteiger partial charge in [-0.3, -0.25) is 10.2 Å². The van der Waals surface area contributed by atoms with Gasteiger partial charge in [0.25, 0.3) is 0 Å². The second-order valence-corrected chi connectivity index (χ2v) is 2.69. The lowest BCUT2D eigenvalue weighted by Gasteiger charge is -1.99. The number of amides is 1. The van der Waals surface area contributed by atoms with Crippen molar-refractivity contribution in [3.8, 4) is 0 Å². The number of hydrogen-bond acceptors (Lipinski definition) is 2. The predicted molar refractivity (Wildman–Crippen MR) is 47.1 cm³/mol. The fourth-order valence-corrected chi connectivity index (χ4v) is 0.981. The molecule has 13 heavy (non-hydrogen) atoms. The minimum atomic E-state index is -0.271. The number of aryl methyl sites for hydroxylation is 1. The number of nitrogens with one attached hydrogen (secondary N) is 1. The highest BCUT2D eigenvalue weighted by molar-refractivity contribution is 5.75. The molecule has 0 saturated carbocycles. The summed E-state index contributed by atoms with van der Waals surface area (Å²) < 4.78 is 12.5. The van der Waals surface area contributed by atoms with Crippen LogP contribution in [0.4, 0.5) is 4.39 Å². The van der Waals surface area contributed by atoms with Gasteiger partial charge in [-0.15, -0.1) is 0 Å². The first-order valence-corrected chi connectivity index (χ1v) is 3.96. The molecule has 0 saturated heterocycles. The monoisotopic (exact) mass is 182 g/mol. The largest absolute Gasteiger partial charge is 0.294 e. The average Bonchev–Trinajstić information content (AvgIpc) is 2.16. The predicted octanol–water partition coefficient (Wildman–Crippen LogP) is 0.748. The molecule has 0 aromatic heterocycles. The van der Waals surface area contributed by atoms with Gasteiger partial charge in [0, 0.05) is 6.42 Å². The van der Waals surface area contributed by atoms with Crippen molar-refractivity contribution in [3.63, 3.8) is 0 Å². The molecule has 1 rings (SSSR count). The van der Waals surface area contributed by atoms with Crippen LogP contribution in [0.5, 0.6) is 0 Å². The topological polar surface area (TPSA) is 55.1 Å². The van der Waals surface area contributed by atoms with E-state index in [4.69, 9.17) is 5.84 Å². The molecule has 0 radical (unpaired) electrons. The number of hydrogen-bond donors (Lipinski definition) is 2. The maximum atomic E-state index is 12.5. The zero-order chi connectivity index (χ0) is 9.68. The minimum Gasteiger partial charge on any atom is -0.294 e. The molecule has 0 unspecified atom stereocenters. The fourth-order valence-electron chi connectivity index (χ4n) is 0.981. The smallest absolute Gasteiger partial charge is 0.234 e. The summed E-state index contributed by atoms with van der Waals surface area (Å²) in [6.45, 7) is 0. The molecule has 0 aliphatic carbocycles. The third kappa shape index (κ3) is 3.21. The highest BCUT2D eigenvalue weighted by Crippen LogP contribution is 2.04. The van der Waals surface area contributed by atoms with Gasteiger partial charge in [0.15, 0.2) is 0 Å². The van der Waals surface area contributed by atoms with E-state index in [0.29, 0.717) is 12.8 Å². The van der Waals surface area contributed by atoms with E-state index in [1.807, 2.05) is 5.43 Å². The van der Waals surface area contributed by atoms with E-state index < -0.39 is 0 Å². The molecule has 0 bridgehead atoms. The highest BCUT2D eigenvalue weighted by Gasteiger charge is 1.99. The van der Waals surface area contributed by atoms with Crippen molar-refractivity contribution in [2.75, 3.05) is 0 Å². The molecule has 3 N–H and O–H groups in total. The second-order valence-electron chi connectivity index (χ2n) is 2.69. The normalized spacial score (nSPS) is 9.69. The van der Waals surface area contributed by atoms with Crippen molar-refractivity contribution in [1.82, 2.24) is 5.43 Å². The lowest BCUT2D eigenvalue weighted by Crippen LogP contribution is -2.30. The number of rotatable bonds is 3. The van der Waals surface area contributed by atoms with Crippen LogP contribution in [-0.2, 0) is 11.2 Å². The van der Waals surface area contributed by atoms with Crippen molar-refractivity contribution in [1.29, 1.82) is 0 Å². The van der Waals surface area contributed by atoms with Gasteiger partial charge in [-0.05, 0) is 24.1 Å². The van der Waals surface area contributed by atoms with E-state index >= 15 is 0 Å². The zero-order valence-electron chi connectivity index (χ0n) is 7.09. The van der Waals surface area contributed by atoms with Crippen LogP contribution in [0.15, 0.2) is 24.3 Å². The second kappa shape index (κ2) is 4.57. The first kappa shape index (κ1) is 9.67. The molecule has 70 valence electrons. The van der Waals surface area contributed by atoms with Crippen LogP contribution < -0.4 is 11.3 Å². The van der Waals surface area contributed by atoms with E-state index in [9.17, 15) is 9.18 Å². The summed E-state index contributed by atoms with van der Waals surface area (Å²) in [5.41, 5.74) is 2.95. The van der Waals surface area contributed by atoms with Crippen molar-refractivity contribution < 1.29 is 9.18 Å². The Morgan fingerprint density at radius 1 is 1.38 bits per heavy atom. The van der Waals surface area contributed by atoms with Gasteiger partial charge in [0.2, 0.25) is 5.91 Å². The SMILES string of the molecule is NNC(=O)CCc1ccc(F)cc1. The minimum absolute atomic E-state index is 0.218. The molecule has 0 atom stereocenters. The lowest BCUT2D eigenvalue weighted by atomic mass is 10.1. The molecule has 0 spiro atoms. The highest BCUT2D eigenvalue weighted by atomic mass is 19.1. The Morgan fingerprint density at radius 3 is 2.54 bits per heavy atom. The number of hydrazine groups is 1. The van der Waals surface area contributed by atoms with Crippen LogP contribution >= 0.6 is 0 Å². The number of benzene rings is 1. The number of carbonyl (C=O) groups is 1. The van der Waals surface area contributed by atoms with Crippen LogP contribution in [0.25, 0.3) is 0 Å². The Morgan fingerprint density at radius 2 is 2.00 bits per heavy atom.